The number of fused-ring (bicyclic) bond motifs is 1. The van der Waals surface area contributed by atoms with Crippen LogP contribution in [0.5, 0.6) is 11.5 Å². The van der Waals surface area contributed by atoms with Crippen LogP contribution in [-0.2, 0) is 11.3 Å². The van der Waals surface area contributed by atoms with Crippen LogP contribution < -0.4 is 20.1 Å². The zero-order chi connectivity index (χ0) is 14.5. The summed E-state index contributed by atoms with van der Waals surface area (Å²) < 4.78 is 10.8. The monoisotopic (exact) mass is 278 g/mol. The highest BCUT2D eigenvalue weighted by Gasteiger charge is 2.21. The van der Waals surface area contributed by atoms with Gasteiger partial charge in [-0.3, -0.25) is 4.79 Å². The molecule has 2 rings (SSSR count). The highest BCUT2D eigenvalue weighted by atomic mass is 16.7. The topological polar surface area (TPSA) is 59.6 Å². The third kappa shape index (κ3) is 3.42. The molecule has 1 heterocycles. The van der Waals surface area contributed by atoms with Gasteiger partial charge in [-0.15, -0.1) is 0 Å². The molecule has 5 nitrogen and oxygen atoms in total. The van der Waals surface area contributed by atoms with Crippen molar-refractivity contribution < 1.29 is 14.3 Å². The van der Waals surface area contributed by atoms with E-state index in [0.29, 0.717) is 12.5 Å². The molecule has 0 aromatic heterocycles. The Balaban J connectivity index is 2.02. The molecule has 5 heteroatoms. The van der Waals surface area contributed by atoms with Gasteiger partial charge < -0.3 is 20.1 Å². The van der Waals surface area contributed by atoms with Crippen LogP contribution in [0.15, 0.2) is 18.2 Å². The molecule has 1 amide bonds. The first-order valence-corrected chi connectivity index (χ1v) is 6.94. The summed E-state index contributed by atoms with van der Waals surface area (Å²) in [6, 6.07) is 5.60. The Labute approximate surface area is 119 Å². The molecule has 1 aliphatic rings. The van der Waals surface area contributed by atoms with Crippen LogP contribution in [0.4, 0.5) is 0 Å². The smallest absolute Gasteiger partial charge is 0.236 e. The molecule has 1 aliphatic heterocycles. The summed E-state index contributed by atoms with van der Waals surface area (Å²) in [4.78, 5) is 11.9. The summed E-state index contributed by atoms with van der Waals surface area (Å²) in [6.07, 6.45) is 0.798. The number of carbonyl (C=O) groups excluding carboxylic acids is 1. The first-order valence-electron chi connectivity index (χ1n) is 6.94. The Morgan fingerprint density at radius 1 is 1.35 bits per heavy atom. The van der Waals surface area contributed by atoms with Gasteiger partial charge in [0, 0.05) is 19.2 Å². The first kappa shape index (κ1) is 14.7. The van der Waals surface area contributed by atoms with Gasteiger partial charge in [-0.1, -0.05) is 26.0 Å². The van der Waals surface area contributed by atoms with E-state index in [-0.39, 0.29) is 18.7 Å². The third-order valence-corrected chi connectivity index (χ3v) is 3.29. The lowest BCUT2D eigenvalue weighted by Crippen LogP contribution is -2.43. The molecule has 0 spiro atoms. The number of nitrogens with one attached hydrogen (secondary N) is 2. The fourth-order valence-electron chi connectivity index (χ4n) is 2.29. The molecule has 0 fully saturated rings. The van der Waals surface area contributed by atoms with Crippen molar-refractivity contribution in [1.82, 2.24) is 10.6 Å². The molecule has 2 N–H and O–H groups in total. The molecular formula is C15H22N2O3. The second-order valence-electron chi connectivity index (χ2n) is 5.33. The van der Waals surface area contributed by atoms with Crippen molar-refractivity contribution in [1.29, 1.82) is 0 Å². The lowest BCUT2D eigenvalue weighted by atomic mass is 10.0. The minimum atomic E-state index is -0.196. The van der Waals surface area contributed by atoms with E-state index in [1.807, 2.05) is 18.2 Å². The van der Waals surface area contributed by atoms with Gasteiger partial charge in [0.2, 0.25) is 12.7 Å². The number of hydrogen-bond donors (Lipinski definition) is 2. The van der Waals surface area contributed by atoms with Gasteiger partial charge in [-0.25, -0.2) is 0 Å². The fraction of sp³-hybridized carbons (Fsp3) is 0.533. The molecule has 20 heavy (non-hydrogen) atoms. The number of rotatable bonds is 6. The van der Waals surface area contributed by atoms with Gasteiger partial charge in [0.05, 0.1) is 6.04 Å². The minimum Gasteiger partial charge on any atom is -0.454 e. The van der Waals surface area contributed by atoms with Crippen LogP contribution in [0.1, 0.15) is 25.8 Å². The molecule has 1 aromatic carbocycles. The quantitative estimate of drug-likeness (QED) is 0.831. The molecule has 1 aromatic rings. The normalized spacial score (nSPS) is 14.4. The summed E-state index contributed by atoms with van der Waals surface area (Å²) >= 11 is 0. The maximum atomic E-state index is 11.9. The highest BCUT2D eigenvalue weighted by molar-refractivity contribution is 5.81. The van der Waals surface area contributed by atoms with Crippen molar-refractivity contribution in [2.75, 3.05) is 13.8 Å². The van der Waals surface area contributed by atoms with Crippen LogP contribution >= 0.6 is 0 Å². The minimum absolute atomic E-state index is 0.0171. The average Bonchev–Trinajstić information content (AvgIpc) is 2.91. The summed E-state index contributed by atoms with van der Waals surface area (Å²) in [5.41, 5.74) is 1.01. The number of benzene rings is 1. The van der Waals surface area contributed by atoms with Crippen molar-refractivity contribution in [3.05, 3.63) is 23.8 Å². The molecular weight excluding hydrogens is 256 g/mol. The zero-order valence-electron chi connectivity index (χ0n) is 12.2. The summed E-state index contributed by atoms with van der Waals surface area (Å²) in [6.45, 7) is 5.05. The first-order chi connectivity index (χ1) is 9.61. The summed E-state index contributed by atoms with van der Waals surface area (Å²) in [5, 5.41) is 6.00. The van der Waals surface area contributed by atoms with Gasteiger partial charge >= 0.3 is 0 Å². The van der Waals surface area contributed by atoms with Crippen molar-refractivity contribution in [3.63, 3.8) is 0 Å². The molecule has 0 saturated carbocycles. The van der Waals surface area contributed by atoms with E-state index in [1.165, 1.54) is 0 Å². The van der Waals surface area contributed by atoms with E-state index in [0.717, 1.165) is 23.5 Å². The number of hydrogen-bond acceptors (Lipinski definition) is 4. The largest absolute Gasteiger partial charge is 0.454 e. The Morgan fingerprint density at radius 3 is 2.85 bits per heavy atom. The van der Waals surface area contributed by atoms with Crippen LogP contribution in [0.2, 0.25) is 0 Å². The number of amides is 1. The van der Waals surface area contributed by atoms with E-state index in [2.05, 4.69) is 24.5 Å². The Bertz CT molecular complexity index is 474. The lowest BCUT2D eigenvalue weighted by Gasteiger charge is -2.19. The second kappa shape index (κ2) is 6.61. The van der Waals surface area contributed by atoms with E-state index in [4.69, 9.17) is 9.47 Å². The predicted molar refractivity (Wildman–Crippen MR) is 76.7 cm³/mol. The SMILES string of the molecule is CNC(=O)C(CC(C)C)NCc1cccc2c1OCO2. The second-order valence-corrected chi connectivity index (χ2v) is 5.33. The molecule has 1 unspecified atom stereocenters. The Kier molecular flexibility index (Phi) is 4.84. The predicted octanol–water partition coefficient (Wildman–Crippen LogP) is 1.67. The van der Waals surface area contributed by atoms with Gasteiger partial charge in [-0.05, 0) is 18.4 Å². The highest BCUT2D eigenvalue weighted by Crippen LogP contribution is 2.35. The van der Waals surface area contributed by atoms with Gasteiger partial charge in [0.1, 0.15) is 0 Å². The average molecular weight is 278 g/mol. The standard InChI is InChI=1S/C15H22N2O3/c1-10(2)7-12(15(18)16-3)17-8-11-5-4-6-13-14(11)20-9-19-13/h4-6,10,12,17H,7-9H2,1-3H3,(H,16,18). The molecule has 110 valence electrons. The number of likely N-dealkylation sites (N-methyl/N-ethyl adjacent to an activating group) is 1. The summed E-state index contributed by atoms with van der Waals surface area (Å²) in [5.74, 6) is 2.01. The van der Waals surface area contributed by atoms with Crippen molar-refractivity contribution in [2.45, 2.75) is 32.9 Å². The zero-order valence-corrected chi connectivity index (χ0v) is 12.2. The maximum absolute atomic E-state index is 11.9. The molecule has 0 bridgehead atoms. The van der Waals surface area contributed by atoms with Crippen molar-refractivity contribution in [2.24, 2.45) is 5.92 Å². The van der Waals surface area contributed by atoms with Gasteiger partial charge in [0.15, 0.2) is 11.5 Å². The van der Waals surface area contributed by atoms with Crippen LogP contribution in [0.3, 0.4) is 0 Å². The third-order valence-electron chi connectivity index (χ3n) is 3.29. The molecule has 0 saturated heterocycles. The molecule has 0 aliphatic carbocycles. The number of ether oxygens (including phenoxy) is 2. The maximum Gasteiger partial charge on any atom is 0.236 e. The lowest BCUT2D eigenvalue weighted by molar-refractivity contribution is -0.123. The molecule has 1 atom stereocenters. The molecule has 0 radical (unpaired) electrons. The van der Waals surface area contributed by atoms with E-state index in [9.17, 15) is 4.79 Å². The van der Waals surface area contributed by atoms with Crippen molar-refractivity contribution in [3.8, 4) is 11.5 Å². The van der Waals surface area contributed by atoms with Crippen molar-refractivity contribution >= 4 is 5.91 Å². The Hall–Kier alpha value is -1.75. The number of para-hydroxylation sites is 1. The van der Waals surface area contributed by atoms with Crippen LogP contribution in [0.25, 0.3) is 0 Å². The Morgan fingerprint density at radius 2 is 2.15 bits per heavy atom. The van der Waals surface area contributed by atoms with Gasteiger partial charge in [0.25, 0.3) is 0 Å². The van der Waals surface area contributed by atoms with Crippen LogP contribution in [0, 0.1) is 5.92 Å². The summed E-state index contributed by atoms with van der Waals surface area (Å²) in [7, 11) is 1.66. The van der Waals surface area contributed by atoms with E-state index < -0.39 is 0 Å². The number of carbonyl (C=O) groups is 1. The fourth-order valence-corrected chi connectivity index (χ4v) is 2.29. The van der Waals surface area contributed by atoms with Gasteiger partial charge in [-0.2, -0.15) is 0 Å². The van der Waals surface area contributed by atoms with E-state index in [1.54, 1.807) is 7.05 Å². The van der Waals surface area contributed by atoms with E-state index >= 15 is 0 Å². The van der Waals surface area contributed by atoms with Crippen LogP contribution in [-0.4, -0.2) is 25.8 Å².